The minimum Gasteiger partial charge on any atom is -0.478 e. The zero-order valence-corrected chi connectivity index (χ0v) is 11.3. The normalized spacial score (nSPS) is 18.6. The number of hydrogen-bond donors (Lipinski definition) is 1. The van der Waals surface area contributed by atoms with Crippen molar-refractivity contribution in [2.45, 2.75) is 19.4 Å². The molecule has 19 heavy (non-hydrogen) atoms. The molecule has 0 spiro atoms. The number of aromatic nitrogens is 1. The van der Waals surface area contributed by atoms with Crippen molar-refractivity contribution in [1.29, 1.82) is 0 Å². The van der Waals surface area contributed by atoms with Crippen LogP contribution in [-0.2, 0) is 4.79 Å². The number of piperazine rings is 1. The third kappa shape index (κ3) is 2.14. The zero-order valence-electron chi connectivity index (χ0n) is 11.3. The Labute approximate surface area is 111 Å². The van der Waals surface area contributed by atoms with E-state index in [2.05, 4.69) is 4.98 Å². The van der Waals surface area contributed by atoms with Gasteiger partial charge < -0.3 is 14.9 Å². The maximum Gasteiger partial charge on any atom is 0.337 e. The van der Waals surface area contributed by atoms with Gasteiger partial charge in [-0.1, -0.05) is 0 Å². The second-order valence-electron chi connectivity index (χ2n) is 5.14. The molecule has 1 aliphatic rings. The number of rotatable bonds is 2. The van der Waals surface area contributed by atoms with Crippen LogP contribution in [0.4, 0.5) is 5.69 Å². The van der Waals surface area contributed by atoms with Gasteiger partial charge in [-0.25, -0.2) is 4.79 Å². The quantitative estimate of drug-likeness (QED) is 0.855. The molecule has 0 radical (unpaired) electrons. The first kappa shape index (κ1) is 13.3. The van der Waals surface area contributed by atoms with Crippen LogP contribution in [0.5, 0.6) is 0 Å². The summed E-state index contributed by atoms with van der Waals surface area (Å²) in [6.45, 7) is 4.74. The van der Waals surface area contributed by atoms with Gasteiger partial charge in [0.25, 0.3) is 0 Å². The Morgan fingerprint density at radius 2 is 2.11 bits per heavy atom. The lowest BCUT2D eigenvalue weighted by molar-refractivity contribution is -0.136. The van der Waals surface area contributed by atoms with Crippen molar-refractivity contribution < 1.29 is 14.7 Å². The largest absolute Gasteiger partial charge is 0.478 e. The summed E-state index contributed by atoms with van der Waals surface area (Å²) >= 11 is 0. The maximum atomic E-state index is 12.2. The monoisotopic (exact) mass is 263 g/mol. The van der Waals surface area contributed by atoms with Gasteiger partial charge in [-0.15, -0.1) is 0 Å². The van der Waals surface area contributed by atoms with Crippen LogP contribution >= 0.6 is 0 Å². The molecule has 0 aromatic carbocycles. The van der Waals surface area contributed by atoms with E-state index in [1.807, 2.05) is 4.90 Å². The molecule has 0 bridgehead atoms. The number of hydrogen-bond acceptors (Lipinski definition) is 4. The Morgan fingerprint density at radius 1 is 1.42 bits per heavy atom. The Kier molecular flexibility index (Phi) is 3.18. The van der Waals surface area contributed by atoms with Gasteiger partial charge in [-0.05, 0) is 19.9 Å². The highest BCUT2D eigenvalue weighted by Crippen LogP contribution is 2.30. The number of likely N-dealkylation sites (N-methyl/N-ethyl adjacent to an activating group) is 1. The van der Waals surface area contributed by atoms with Crippen LogP contribution in [0.3, 0.4) is 0 Å². The summed E-state index contributed by atoms with van der Waals surface area (Å²) in [5, 5.41) is 9.23. The Balaban J connectivity index is 2.47. The van der Waals surface area contributed by atoms with Crippen LogP contribution in [0, 0.1) is 0 Å². The molecule has 1 aliphatic heterocycles. The van der Waals surface area contributed by atoms with Crippen LogP contribution < -0.4 is 4.90 Å². The van der Waals surface area contributed by atoms with Crippen molar-refractivity contribution in [2.75, 3.05) is 25.0 Å². The molecule has 1 N–H and O–H groups in total. The molecular weight excluding hydrogens is 246 g/mol. The number of anilines is 1. The highest BCUT2D eigenvalue weighted by Gasteiger charge is 2.41. The van der Waals surface area contributed by atoms with Gasteiger partial charge in [0.15, 0.2) is 0 Å². The second kappa shape index (κ2) is 4.53. The number of carbonyl (C=O) groups excluding carboxylic acids is 1. The van der Waals surface area contributed by atoms with Gasteiger partial charge in [0, 0.05) is 26.3 Å². The van der Waals surface area contributed by atoms with E-state index in [0.717, 1.165) is 0 Å². The molecule has 0 atom stereocenters. The van der Waals surface area contributed by atoms with Gasteiger partial charge in [0.1, 0.15) is 5.54 Å². The second-order valence-corrected chi connectivity index (χ2v) is 5.14. The SMILES string of the molecule is CN1CCN(c2cnccc2C(=O)O)C(C)(C)C1=O. The summed E-state index contributed by atoms with van der Waals surface area (Å²) in [4.78, 5) is 31.0. The summed E-state index contributed by atoms with van der Waals surface area (Å²) in [6, 6.07) is 1.45. The van der Waals surface area contributed by atoms with Crippen molar-refractivity contribution in [3.63, 3.8) is 0 Å². The van der Waals surface area contributed by atoms with Crippen molar-refractivity contribution in [3.05, 3.63) is 24.0 Å². The standard InChI is InChI=1S/C13H17N3O3/c1-13(2)12(19)15(3)6-7-16(13)10-8-14-5-4-9(10)11(17)18/h4-5,8H,6-7H2,1-3H3,(H,17,18). The fourth-order valence-electron chi connectivity index (χ4n) is 2.42. The molecule has 0 unspecified atom stereocenters. The van der Waals surface area contributed by atoms with E-state index in [9.17, 15) is 14.7 Å². The first-order valence-electron chi connectivity index (χ1n) is 6.06. The van der Waals surface area contributed by atoms with Crippen LogP contribution in [0.15, 0.2) is 18.5 Å². The molecule has 1 saturated heterocycles. The van der Waals surface area contributed by atoms with E-state index < -0.39 is 11.5 Å². The van der Waals surface area contributed by atoms with Crippen molar-refractivity contribution in [1.82, 2.24) is 9.88 Å². The van der Waals surface area contributed by atoms with Gasteiger partial charge in [-0.2, -0.15) is 0 Å². The van der Waals surface area contributed by atoms with Crippen molar-refractivity contribution in [2.24, 2.45) is 0 Å². The van der Waals surface area contributed by atoms with E-state index in [4.69, 9.17) is 0 Å². The van der Waals surface area contributed by atoms with E-state index >= 15 is 0 Å². The average Bonchev–Trinajstić information content (AvgIpc) is 2.36. The molecule has 1 fully saturated rings. The number of aromatic carboxylic acids is 1. The number of carbonyl (C=O) groups is 2. The van der Waals surface area contributed by atoms with E-state index in [0.29, 0.717) is 18.8 Å². The lowest BCUT2D eigenvalue weighted by Crippen LogP contribution is -2.62. The van der Waals surface area contributed by atoms with Crippen molar-refractivity contribution >= 4 is 17.6 Å². The summed E-state index contributed by atoms with van der Waals surface area (Å²) < 4.78 is 0. The highest BCUT2D eigenvalue weighted by molar-refractivity contribution is 5.97. The minimum absolute atomic E-state index is 0.0288. The Hall–Kier alpha value is -2.11. The molecule has 1 aromatic heterocycles. The van der Waals surface area contributed by atoms with Crippen LogP contribution in [0.25, 0.3) is 0 Å². The first-order chi connectivity index (χ1) is 8.85. The molecule has 1 amide bonds. The van der Waals surface area contributed by atoms with Crippen molar-refractivity contribution in [3.8, 4) is 0 Å². The smallest absolute Gasteiger partial charge is 0.337 e. The van der Waals surface area contributed by atoms with Gasteiger partial charge in [0.2, 0.25) is 5.91 Å². The molecule has 6 nitrogen and oxygen atoms in total. The number of carboxylic acid groups (broad SMARTS) is 1. The fraction of sp³-hybridized carbons (Fsp3) is 0.462. The molecule has 2 heterocycles. The lowest BCUT2D eigenvalue weighted by atomic mass is 9.96. The molecule has 102 valence electrons. The summed E-state index contributed by atoms with van der Waals surface area (Å²) in [7, 11) is 1.75. The highest BCUT2D eigenvalue weighted by atomic mass is 16.4. The molecule has 0 saturated carbocycles. The van der Waals surface area contributed by atoms with Gasteiger partial charge in [-0.3, -0.25) is 9.78 Å². The molecule has 0 aliphatic carbocycles. The first-order valence-corrected chi connectivity index (χ1v) is 6.06. The van der Waals surface area contributed by atoms with E-state index in [-0.39, 0.29) is 11.5 Å². The lowest BCUT2D eigenvalue weighted by Gasteiger charge is -2.46. The van der Waals surface area contributed by atoms with E-state index in [1.54, 1.807) is 25.8 Å². The number of pyridine rings is 1. The Morgan fingerprint density at radius 3 is 2.74 bits per heavy atom. The molecule has 6 heteroatoms. The molecular formula is C13H17N3O3. The summed E-state index contributed by atoms with van der Waals surface area (Å²) in [5.74, 6) is -1.04. The number of amides is 1. The topological polar surface area (TPSA) is 73.7 Å². The molecule has 2 rings (SSSR count). The number of carboxylic acids is 1. The fourth-order valence-corrected chi connectivity index (χ4v) is 2.42. The maximum absolute atomic E-state index is 12.2. The summed E-state index contributed by atoms with van der Waals surface area (Å²) in [5.41, 5.74) is -0.123. The van der Waals surface area contributed by atoms with Crippen LogP contribution in [0.1, 0.15) is 24.2 Å². The summed E-state index contributed by atoms with van der Waals surface area (Å²) in [6.07, 6.45) is 2.95. The third-order valence-corrected chi connectivity index (χ3v) is 3.53. The van der Waals surface area contributed by atoms with Gasteiger partial charge in [0.05, 0.1) is 17.4 Å². The van der Waals surface area contributed by atoms with Gasteiger partial charge >= 0.3 is 5.97 Å². The predicted molar refractivity (Wildman–Crippen MR) is 70.3 cm³/mol. The number of nitrogens with zero attached hydrogens (tertiary/aromatic N) is 3. The predicted octanol–water partition coefficient (Wildman–Crippen LogP) is 0.837. The zero-order chi connectivity index (χ0) is 14.2. The van der Waals surface area contributed by atoms with Crippen LogP contribution in [-0.4, -0.2) is 52.5 Å². The van der Waals surface area contributed by atoms with E-state index in [1.165, 1.54) is 18.5 Å². The van der Waals surface area contributed by atoms with Crippen LogP contribution in [0.2, 0.25) is 0 Å². The molecule has 1 aromatic rings. The minimum atomic E-state index is -1.01. The average molecular weight is 263 g/mol. The Bertz CT molecular complexity index is 528. The third-order valence-electron chi connectivity index (χ3n) is 3.53.